The molecule has 9 nitrogen and oxygen atoms in total. The number of anilines is 1. The third-order valence-corrected chi connectivity index (χ3v) is 4.89. The summed E-state index contributed by atoms with van der Waals surface area (Å²) in [7, 11) is 1.56. The Hall–Kier alpha value is -3.82. The number of nitrogens with one attached hydrogen (secondary N) is 1. The number of ether oxygens (including phenoxy) is 1. The van der Waals surface area contributed by atoms with Crippen molar-refractivity contribution in [3.05, 3.63) is 60.2 Å². The van der Waals surface area contributed by atoms with Gasteiger partial charge in [-0.15, -0.1) is 5.10 Å². The molecule has 154 valence electrons. The molecule has 0 saturated carbocycles. The van der Waals surface area contributed by atoms with Crippen LogP contribution in [0.1, 0.15) is 12.2 Å². The zero-order chi connectivity index (χ0) is 21.1. The summed E-state index contributed by atoms with van der Waals surface area (Å²) >= 11 is 0. The highest BCUT2D eigenvalue weighted by Gasteiger charge is 2.35. The SMILES string of the molecule is COc1cccc(N2CC(C(=O)NCc3nnnn3-c3ccc(F)cc3)CC2=O)c1. The molecule has 4 rings (SSSR count). The quantitative estimate of drug-likeness (QED) is 0.660. The van der Waals surface area contributed by atoms with Crippen LogP contribution in [-0.2, 0) is 16.1 Å². The summed E-state index contributed by atoms with van der Waals surface area (Å²) < 4.78 is 19.7. The lowest BCUT2D eigenvalue weighted by atomic mass is 10.1. The van der Waals surface area contributed by atoms with Crippen molar-refractivity contribution in [2.45, 2.75) is 13.0 Å². The van der Waals surface area contributed by atoms with E-state index in [0.717, 1.165) is 0 Å². The molecule has 3 aromatic rings. The number of methoxy groups -OCH3 is 1. The van der Waals surface area contributed by atoms with Gasteiger partial charge in [0.25, 0.3) is 0 Å². The average molecular weight is 410 g/mol. The van der Waals surface area contributed by atoms with E-state index in [1.165, 1.54) is 16.8 Å². The fraction of sp³-hybridized carbons (Fsp3) is 0.250. The second-order valence-corrected chi connectivity index (χ2v) is 6.81. The number of benzene rings is 2. The van der Waals surface area contributed by atoms with Gasteiger partial charge < -0.3 is 15.0 Å². The Balaban J connectivity index is 1.40. The van der Waals surface area contributed by atoms with Crippen LogP contribution in [0.15, 0.2) is 48.5 Å². The molecule has 1 aliphatic heterocycles. The summed E-state index contributed by atoms with van der Waals surface area (Å²) in [5.74, 6) is -0.210. The molecular weight excluding hydrogens is 391 g/mol. The van der Waals surface area contributed by atoms with Crippen LogP contribution >= 0.6 is 0 Å². The fourth-order valence-corrected chi connectivity index (χ4v) is 3.32. The van der Waals surface area contributed by atoms with Gasteiger partial charge in [-0.2, -0.15) is 4.68 Å². The zero-order valence-corrected chi connectivity index (χ0v) is 16.2. The van der Waals surface area contributed by atoms with Crippen molar-refractivity contribution in [1.29, 1.82) is 0 Å². The molecule has 0 radical (unpaired) electrons. The largest absolute Gasteiger partial charge is 0.497 e. The third-order valence-electron chi connectivity index (χ3n) is 4.89. The lowest BCUT2D eigenvalue weighted by molar-refractivity contribution is -0.126. The molecule has 1 unspecified atom stereocenters. The van der Waals surface area contributed by atoms with Crippen LogP contribution in [0.5, 0.6) is 5.75 Å². The van der Waals surface area contributed by atoms with Gasteiger partial charge >= 0.3 is 0 Å². The monoisotopic (exact) mass is 410 g/mol. The number of hydrogen-bond acceptors (Lipinski definition) is 6. The Morgan fingerprint density at radius 3 is 2.80 bits per heavy atom. The highest BCUT2D eigenvalue weighted by Crippen LogP contribution is 2.28. The van der Waals surface area contributed by atoms with Crippen LogP contribution in [0.4, 0.5) is 10.1 Å². The topological polar surface area (TPSA) is 102 Å². The van der Waals surface area contributed by atoms with E-state index in [4.69, 9.17) is 4.74 Å². The summed E-state index contributed by atoms with van der Waals surface area (Å²) in [6.45, 7) is 0.355. The fourth-order valence-electron chi connectivity index (χ4n) is 3.32. The minimum atomic E-state index is -0.487. The predicted molar refractivity (Wildman–Crippen MR) is 104 cm³/mol. The van der Waals surface area contributed by atoms with Crippen LogP contribution in [0.2, 0.25) is 0 Å². The Morgan fingerprint density at radius 2 is 2.03 bits per heavy atom. The first-order chi connectivity index (χ1) is 14.5. The van der Waals surface area contributed by atoms with Crippen LogP contribution in [0, 0.1) is 11.7 Å². The van der Waals surface area contributed by atoms with Crippen LogP contribution in [0.25, 0.3) is 5.69 Å². The normalized spacial score (nSPS) is 16.0. The van der Waals surface area contributed by atoms with Crippen LogP contribution in [-0.4, -0.2) is 45.7 Å². The second kappa shape index (κ2) is 8.27. The van der Waals surface area contributed by atoms with Crippen LogP contribution in [0.3, 0.4) is 0 Å². The summed E-state index contributed by atoms with van der Waals surface area (Å²) in [5, 5.41) is 14.2. The van der Waals surface area contributed by atoms with Gasteiger partial charge in [-0.05, 0) is 46.8 Å². The molecule has 1 aromatic heterocycles. The first-order valence-electron chi connectivity index (χ1n) is 9.30. The maximum atomic E-state index is 13.1. The van der Waals surface area contributed by atoms with E-state index in [9.17, 15) is 14.0 Å². The van der Waals surface area contributed by atoms with Gasteiger partial charge in [-0.25, -0.2) is 4.39 Å². The molecule has 2 aromatic carbocycles. The third kappa shape index (κ3) is 3.97. The molecule has 1 atom stereocenters. The first kappa shape index (κ1) is 19.5. The van der Waals surface area contributed by atoms with E-state index in [1.54, 1.807) is 48.4 Å². The first-order valence-corrected chi connectivity index (χ1v) is 9.30. The molecule has 2 heterocycles. The van der Waals surface area contributed by atoms with Gasteiger partial charge in [0, 0.05) is 24.7 Å². The van der Waals surface area contributed by atoms with Gasteiger partial charge in [0.1, 0.15) is 11.6 Å². The number of amides is 2. The zero-order valence-electron chi connectivity index (χ0n) is 16.2. The van der Waals surface area contributed by atoms with Gasteiger partial charge in [-0.1, -0.05) is 6.07 Å². The van der Waals surface area contributed by atoms with E-state index in [0.29, 0.717) is 22.9 Å². The maximum Gasteiger partial charge on any atom is 0.227 e. The molecule has 0 bridgehead atoms. The molecule has 1 saturated heterocycles. The molecule has 1 N–H and O–H groups in total. The second-order valence-electron chi connectivity index (χ2n) is 6.81. The summed E-state index contributed by atoms with van der Waals surface area (Å²) in [5.41, 5.74) is 1.26. The molecule has 2 amide bonds. The molecule has 0 spiro atoms. The molecule has 0 aliphatic carbocycles. The number of carbonyl (C=O) groups excluding carboxylic acids is 2. The summed E-state index contributed by atoms with van der Waals surface area (Å²) in [6.07, 6.45) is 0.117. The van der Waals surface area contributed by atoms with E-state index in [2.05, 4.69) is 20.8 Å². The molecule has 10 heteroatoms. The van der Waals surface area contributed by atoms with Gasteiger partial charge in [-0.3, -0.25) is 9.59 Å². The number of aromatic nitrogens is 4. The number of rotatable bonds is 6. The Bertz CT molecular complexity index is 1070. The number of nitrogens with zero attached hydrogens (tertiary/aromatic N) is 5. The van der Waals surface area contributed by atoms with E-state index < -0.39 is 5.92 Å². The molecule has 1 fully saturated rings. The van der Waals surface area contributed by atoms with Crippen molar-refractivity contribution in [3.63, 3.8) is 0 Å². The van der Waals surface area contributed by atoms with Gasteiger partial charge in [0.2, 0.25) is 11.8 Å². The number of carbonyl (C=O) groups is 2. The smallest absolute Gasteiger partial charge is 0.227 e. The number of hydrogen-bond donors (Lipinski definition) is 1. The lowest BCUT2D eigenvalue weighted by Gasteiger charge is -2.17. The standard InChI is InChI=1S/C20H19FN6O3/c1-30-17-4-2-3-16(10-17)26-12-13(9-19(26)28)20(29)22-11-18-23-24-25-27(18)15-7-5-14(21)6-8-15/h2-8,10,13H,9,11-12H2,1H3,(H,22,29). The van der Waals surface area contributed by atoms with Crippen molar-refractivity contribution < 1.29 is 18.7 Å². The van der Waals surface area contributed by atoms with E-state index in [-0.39, 0.29) is 37.1 Å². The van der Waals surface area contributed by atoms with Crippen molar-refractivity contribution in [3.8, 4) is 11.4 Å². The highest BCUT2D eigenvalue weighted by atomic mass is 19.1. The molecule has 30 heavy (non-hydrogen) atoms. The van der Waals surface area contributed by atoms with E-state index in [1.807, 2.05) is 0 Å². The van der Waals surface area contributed by atoms with Crippen molar-refractivity contribution in [2.24, 2.45) is 5.92 Å². The number of tetrazole rings is 1. The Kier molecular flexibility index (Phi) is 5.38. The molecule has 1 aliphatic rings. The predicted octanol–water partition coefficient (Wildman–Crippen LogP) is 1.48. The number of halogens is 1. The lowest BCUT2D eigenvalue weighted by Crippen LogP contribution is -2.33. The average Bonchev–Trinajstić information content (AvgIpc) is 3.39. The Labute approximate surface area is 171 Å². The Morgan fingerprint density at radius 1 is 1.23 bits per heavy atom. The summed E-state index contributed by atoms with van der Waals surface area (Å²) in [6, 6.07) is 12.8. The maximum absolute atomic E-state index is 13.1. The van der Waals surface area contributed by atoms with Crippen molar-refractivity contribution in [2.75, 3.05) is 18.6 Å². The van der Waals surface area contributed by atoms with Gasteiger partial charge in [0.15, 0.2) is 5.82 Å². The van der Waals surface area contributed by atoms with E-state index >= 15 is 0 Å². The summed E-state index contributed by atoms with van der Waals surface area (Å²) in [4.78, 5) is 26.6. The van der Waals surface area contributed by atoms with Crippen LogP contribution < -0.4 is 15.0 Å². The molecular formula is C20H19FN6O3. The van der Waals surface area contributed by atoms with Crippen molar-refractivity contribution >= 4 is 17.5 Å². The van der Waals surface area contributed by atoms with Gasteiger partial charge in [0.05, 0.1) is 25.3 Å². The van der Waals surface area contributed by atoms with Crippen molar-refractivity contribution in [1.82, 2.24) is 25.5 Å². The highest BCUT2D eigenvalue weighted by molar-refractivity contribution is 6.00. The minimum absolute atomic E-state index is 0.0764. The minimum Gasteiger partial charge on any atom is -0.497 e.